The fraction of sp³-hybridized carbons (Fsp3) is 0.333. The Kier molecular flexibility index (Phi) is 5.22. The minimum Gasteiger partial charge on any atom is -0.480 e. The van der Waals surface area contributed by atoms with Gasteiger partial charge in [0.2, 0.25) is 12.3 Å². The number of hydrogen-bond acceptors (Lipinski definition) is 4. The van der Waals surface area contributed by atoms with Crippen molar-refractivity contribution in [2.75, 3.05) is 6.54 Å². The van der Waals surface area contributed by atoms with Crippen LogP contribution in [0, 0.1) is 0 Å². The van der Waals surface area contributed by atoms with Gasteiger partial charge in [0.05, 0.1) is 11.1 Å². The Morgan fingerprint density at radius 3 is 2.12 bits per heavy atom. The Labute approximate surface area is 135 Å². The van der Waals surface area contributed by atoms with Gasteiger partial charge in [-0.3, -0.25) is 19.3 Å². The maximum atomic E-state index is 12.3. The third kappa shape index (κ3) is 3.73. The van der Waals surface area contributed by atoms with Gasteiger partial charge in [0, 0.05) is 19.4 Å². The first kappa shape index (κ1) is 17.5. The van der Waals surface area contributed by atoms with Crippen LogP contribution in [0.25, 0.3) is 0 Å². The number of rotatable bonds is 7. The largest absolute Gasteiger partial charge is 0.480 e. The van der Waals surface area contributed by atoms with Gasteiger partial charge in [-0.1, -0.05) is 12.1 Å². The van der Waals surface area contributed by atoms with E-state index in [9.17, 15) is 28.0 Å². The lowest BCUT2D eigenvalue weighted by Crippen LogP contribution is -2.43. The van der Waals surface area contributed by atoms with E-state index < -0.39 is 42.6 Å². The summed E-state index contributed by atoms with van der Waals surface area (Å²) in [4.78, 5) is 47.6. The zero-order valence-electron chi connectivity index (χ0n) is 12.4. The number of amides is 3. The van der Waals surface area contributed by atoms with Gasteiger partial charge in [0.15, 0.2) is 0 Å². The molecule has 0 spiro atoms. The first-order chi connectivity index (χ1) is 11.3. The quantitative estimate of drug-likeness (QED) is 0.718. The van der Waals surface area contributed by atoms with Crippen molar-refractivity contribution in [1.29, 1.82) is 0 Å². The summed E-state index contributed by atoms with van der Waals surface area (Å²) < 4.78 is 24.5. The fourth-order valence-corrected chi connectivity index (χ4v) is 2.32. The molecule has 0 radical (unpaired) electrons. The average molecular weight is 340 g/mol. The summed E-state index contributed by atoms with van der Waals surface area (Å²) in [5, 5.41) is 10.7. The molecule has 0 bridgehead atoms. The second kappa shape index (κ2) is 7.16. The van der Waals surface area contributed by atoms with Crippen molar-refractivity contribution in [2.24, 2.45) is 0 Å². The molecule has 0 aromatic heterocycles. The highest BCUT2D eigenvalue weighted by Crippen LogP contribution is 2.22. The van der Waals surface area contributed by atoms with Gasteiger partial charge in [-0.25, -0.2) is 13.6 Å². The van der Waals surface area contributed by atoms with Crippen molar-refractivity contribution in [3.8, 4) is 0 Å². The number of carboxylic acids is 1. The molecule has 0 aliphatic carbocycles. The van der Waals surface area contributed by atoms with Crippen LogP contribution < -0.4 is 5.32 Å². The molecule has 1 atom stereocenters. The van der Waals surface area contributed by atoms with Crippen LogP contribution >= 0.6 is 0 Å². The lowest BCUT2D eigenvalue weighted by Gasteiger charge is -2.16. The van der Waals surface area contributed by atoms with Gasteiger partial charge in [-0.05, 0) is 12.1 Å². The van der Waals surface area contributed by atoms with E-state index in [-0.39, 0.29) is 24.1 Å². The van der Waals surface area contributed by atoms with E-state index in [1.165, 1.54) is 12.1 Å². The molecule has 0 saturated heterocycles. The van der Waals surface area contributed by atoms with E-state index in [0.29, 0.717) is 0 Å². The van der Waals surface area contributed by atoms with Crippen LogP contribution in [0.4, 0.5) is 8.78 Å². The van der Waals surface area contributed by atoms with Crippen LogP contribution in [0.1, 0.15) is 33.6 Å². The number of nitrogens with zero attached hydrogens (tertiary/aromatic N) is 1. The molecule has 1 aromatic carbocycles. The maximum absolute atomic E-state index is 12.3. The van der Waals surface area contributed by atoms with E-state index >= 15 is 0 Å². The minimum atomic E-state index is -2.89. The van der Waals surface area contributed by atoms with Crippen molar-refractivity contribution in [3.05, 3.63) is 35.4 Å². The third-order valence-electron chi connectivity index (χ3n) is 3.49. The molecule has 1 aromatic rings. The lowest BCUT2D eigenvalue weighted by atomic mass is 10.1. The number of carboxylic acid groups (broad SMARTS) is 1. The van der Waals surface area contributed by atoms with E-state index in [0.717, 1.165) is 4.90 Å². The van der Waals surface area contributed by atoms with E-state index in [4.69, 9.17) is 5.11 Å². The van der Waals surface area contributed by atoms with Crippen LogP contribution in [-0.2, 0) is 9.59 Å². The molecule has 1 aliphatic heterocycles. The molecule has 0 fully saturated rings. The van der Waals surface area contributed by atoms with Crippen molar-refractivity contribution in [1.82, 2.24) is 10.2 Å². The summed E-state index contributed by atoms with van der Waals surface area (Å²) in [6, 6.07) is 4.45. The van der Waals surface area contributed by atoms with Gasteiger partial charge < -0.3 is 10.4 Å². The number of carbonyl (C=O) groups is 4. The SMILES string of the molecule is O=C(CCN1C(=O)c2ccccc2C1=O)NC(CC(F)F)C(=O)O. The molecule has 2 N–H and O–H groups in total. The van der Waals surface area contributed by atoms with E-state index in [1.54, 1.807) is 12.1 Å². The Bertz CT molecular complexity index is 657. The summed E-state index contributed by atoms with van der Waals surface area (Å²) in [7, 11) is 0. The van der Waals surface area contributed by atoms with Crippen LogP contribution in [0.3, 0.4) is 0 Å². The highest BCUT2D eigenvalue weighted by Gasteiger charge is 2.35. The zero-order chi connectivity index (χ0) is 17.9. The summed E-state index contributed by atoms with van der Waals surface area (Å²) in [6.45, 7) is -0.265. The first-order valence-electron chi connectivity index (χ1n) is 7.06. The number of hydrogen-bond donors (Lipinski definition) is 2. The van der Waals surface area contributed by atoms with Gasteiger partial charge in [-0.15, -0.1) is 0 Å². The number of aliphatic carboxylic acids is 1. The maximum Gasteiger partial charge on any atom is 0.326 e. The van der Waals surface area contributed by atoms with Gasteiger partial charge in [-0.2, -0.15) is 0 Å². The zero-order valence-corrected chi connectivity index (χ0v) is 12.4. The molecule has 1 aliphatic rings. The van der Waals surface area contributed by atoms with Crippen LogP contribution in [0.15, 0.2) is 24.3 Å². The molecule has 128 valence electrons. The lowest BCUT2D eigenvalue weighted by molar-refractivity contribution is -0.143. The number of halogens is 2. The highest BCUT2D eigenvalue weighted by atomic mass is 19.3. The predicted molar refractivity (Wildman–Crippen MR) is 76.6 cm³/mol. The van der Waals surface area contributed by atoms with Crippen molar-refractivity contribution in [2.45, 2.75) is 25.3 Å². The smallest absolute Gasteiger partial charge is 0.326 e. The molecular formula is C15H14F2N2O5. The molecule has 7 nitrogen and oxygen atoms in total. The van der Waals surface area contributed by atoms with Gasteiger partial charge in [0.1, 0.15) is 6.04 Å². The Balaban J connectivity index is 1.94. The summed E-state index contributed by atoms with van der Waals surface area (Å²) in [5.74, 6) is -3.51. The molecule has 0 saturated carbocycles. The minimum absolute atomic E-state index is 0.226. The first-order valence-corrected chi connectivity index (χ1v) is 7.06. The standard InChI is InChI=1S/C15H14F2N2O5/c16-11(17)7-10(15(23)24)18-12(20)5-6-19-13(21)8-3-1-2-4-9(8)14(19)22/h1-4,10-11H,5-7H2,(H,18,20)(H,23,24). The molecule has 3 amide bonds. The molecule has 24 heavy (non-hydrogen) atoms. The van der Waals surface area contributed by atoms with Crippen LogP contribution in [-0.4, -0.2) is 52.7 Å². The molecule has 1 heterocycles. The van der Waals surface area contributed by atoms with Gasteiger partial charge >= 0.3 is 5.97 Å². The number of nitrogens with one attached hydrogen (secondary N) is 1. The van der Waals surface area contributed by atoms with Crippen LogP contribution in [0.2, 0.25) is 0 Å². The predicted octanol–water partition coefficient (Wildman–Crippen LogP) is 0.897. The normalized spacial score (nSPS) is 14.7. The molecule has 9 heteroatoms. The topological polar surface area (TPSA) is 104 Å². The van der Waals surface area contributed by atoms with E-state index in [1.807, 2.05) is 5.32 Å². The number of carbonyl (C=O) groups excluding carboxylic acids is 3. The number of benzene rings is 1. The molecular weight excluding hydrogens is 326 g/mol. The Morgan fingerprint density at radius 1 is 1.12 bits per heavy atom. The van der Waals surface area contributed by atoms with Crippen molar-refractivity contribution in [3.63, 3.8) is 0 Å². The van der Waals surface area contributed by atoms with E-state index in [2.05, 4.69) is 0 Å². The highest BCUT2D eigenvalue weighted by molar-refractivity contribution is 6.21. The monoisotopic (exact) mass is 340 g/mol. The Morgan fingerprint density at radius 2 is 1.67 bits per heavy atom. The number of fused-ring (bicyclic) bond motifs is 1. The second-order valence-electron chi connectivity index (χ2n) is 5.14. The second-order valence-corrected chi connectivity index (χ2v) is 5.14. The fourth-order valence-electron chi connectivity index (χ4n) is 2.32. The number of alkyl halides is 2. The summed E-state index contributed by atoms with van der Waals surface area (Å²) >= 11 is 0. The van der Waals surface area contributed by atoms with Gasteiger partial charge in [0.25, 0.3) is 11.8 Å². The van der Waals surface area contributed by atoms with Crippen molar-refractivity contribution >= 4 is 23.7 Å². The summed E-state index contributed by atoms with van der Waals surface area (Å²) in [6.07, 6.45) is -4.28. The average Bonchev–Trinajstić information content (AvgIpc) is 2.76. The number of imide groups is 1. The molecule has 2 rings (SSSR count). The van der Waals surface area contributed by atoms with Crippen LogP contribution in [0.5, 0.6) is 0 Å². The van der Waals surface area contributed by atoms with Crippen molar-refractivity contribution < 1.29 is 33.1 Å². The Hall–Kier alpha value is -2.84. The summed E-state index contributed by atoms with van der Waals surface area (Å²) in [5.41, 5.74) is 0.452. The third-order valence-corrected chi connectivity index (χ3v) is 3.49. The molecule has 1 unspecified atom stereocenters.